The number of nitrogens with zero attached hydrogens (tertiary/aromatic N) is 5. The molecule has 1 aliphatic heterocycles. The summed E-state index contributed by atoms with van der Waals surface area (Å²) in [5, 5.41) is 18.0. The molecule has 0 saturated heterocycles. The van der Waals surface area contributed by atoms with Gasteiger partial charge in [-0.05, 0) is 81.5 Å². The second-order valence-corrected chi connectivity index (χ2v) is 9.81. The third-order valence-corrected chi connectivity index (χ3v) is 7.11. The Morgan fingerprint density at radius 3 is 2.77 bits per heavy atom. The SMILES string of the molecule is CC(C)n1c(=O)c2cnc(Nc3ccc4c(c3)CNCC4)nc2n1-c1ccnc(C2(O)CCC2)c1. The van der Waals surface area contributed by atoms with Crippen molar-refractivity contribution < 1.29 is 5.11 Å². The lowest BCUT2D eigenvalue weighted by Crippen LogP contribution is -2.34. The van der Waals surface area contributed by atoms with E-state index in [4.69, 9.17) is 4.98 Å². The van der Waals surface area contributed by atoms with Crippen molar-refractivity contribution in [3.05, 3.63) is 69.9 Å². The number of aliphatic hydroxyl groups is 1. The first kappa shape index (κ1) is 21.9. The lowest BCUT2D eigenvalue weighted by molar-refractivity contribution is -0.0426. The van der Waals surface area contributed by atoms with E-state index in [-0.39, 0.29) is 11.6 Å². The normalized spacial score (nSPS) is 16.8. The molecule has 4 aromatic rings. The van der Waals surface area contributed by atoms with Gasteiger partial charge in [-0.2, -0.15) is 4.98 Å². The van der Waals surface area contributed by atoms with Gasteiger partial charge in [-0.15, -0.1) is 0 Å². The van der Waals surface area contributed by atoms with Gasteiger partial charge < -0.3 is 15.7 Å². The maximum atomic E-state index is 13.3. The van der Waals surface area contributed by atoms with Crippen LogP contribution in [0.5, 0.6) is 0 Å². The van der Waals surface area contributed by atoms with Crippen LogP contribution in [0.4, 0.5) is 11.6 Å². The Balaban J connectivity index is 1.45. The molecule has 1 aliphatic carbocycles. The van der Waals surface area contributed by atoms with Crippen molar-refractivity contribution in [2.24, 2.45) is 0 Å². The van der Waals surface area contributed by atoms with Crippen LogP contribution in [0.3, 0.4) is 0 Å². The van der Waals surface area contributed by atoms with Gasteiger partial charge in [0, 0.05) is 30.7 Å². The van der Waals surface area contributed by atoms with Gasteiger partial charge in [0.15, 0.2) is 5.65 Å². The summed E-state index contributed by atoms with van der Waals surface area (Å²) in [6.07, 6.45) is 6.66. The Labute approximate surface area is 202 Å². The first-order valence-corrected chi connectivity index (χ1v) is 12.2. The zero-order chi connectivity index (χ0) is 24.2. The van der Waals surface area contributed by atoms with Gasteiger partial charge in [-0.1, -0.05) is 6.07 Å². The van der Waals surface area contributed by atoms with E-state index in [1.807, 2.05) is 36.7 Å². The zero-order valence-electron chi connectivity index (χ0n) is 20.0. The number of hydrogen-bond acceptors (Lipinski definition) is 7. The lowest BCUT2D eigenvalue weighted by Gasteiger charge is -2.36. The average Bonchev–Trinajstić information content (AvgIpc) is 3.14. The van der Waals surface area contributed by atoms with Crippen molar-refractivity contribution in [2.75, 3.05) is 11.9 Å². The molecule has 3 N–H and O–H groups in total. The molecule has 180 valence electrons. The minimum Gasteiger partial charge on any atom is -0.384 e. The Kier molecular flexibility index (Phi) is 5.19. The first-order valence-electron chi connectivity index (χ1n) is 12.2. The minimum absolute atomic E-state index is 0.107. The number of rotatable bonds is 5. The lowest BCUT2D eigenvalue weighted by atomic mass is 9.77. The number of fused-ring (bicyclic) bond motifs is 2. The Hall–Kier alpha value is -3.56. The number of nitrogens with one attached hydrogen (secondary N) is 2. The molecule has 0 bridgehead atoms. The van der Waals surface area contributed by atoms with Crippen LogP contribution in [-0.2, 0) is 18.6 Å². The summed E-state index contributed by atoms with van der Waals surface area (Å²) in [5.74, 6) is 0.419. The summed E-state index contributed by atoms with van der Waals surface area (Å²) in [6, 6.07) is 9.90. The van der Waals surface area contributed by atoms with E-state index in [2.05, 4.69) is 32.7 Å². The highest BCUT2D eigenvalue weighted by Gasteiger charge is 2.38. The van der Waals surface area contributed by atoms with Crippen molar-refractivity contribution in [3.63, 3.8) is 0 Å². The van der Waals surface area contributed by atoms with Crippen LogP contribution in [0.25, 0.3) is 16.7 Å². The molecule has 0 radical (unpaired) electrons. The number of anilines is 2. The van der Waals surface area contributed by atoms with Crippen molar-refractivity contribution >= 4 is 22.7 Å². The summed E-state index contributed by atoms with van der Waals surface area (Å²) in [5.41, 5.74) is 4.36. The molecule has 6 rings (SSSR count). The number of pyridine rings is 1. The van der Waals surface area contributed by atoms with Gasteiger partial charge in [-0.3, -0.25) is 9.78 Å². The Morgan fingerprint density at radius 1 is 1.14 bits per heavy atom. The predicted molar refractivity (Wildman–Crippen MR) is 134 cm³/mol. The molecule has 4 heterocycles. The third kappa shape index (κ3) is 3.71. The van der Waals surface area contributed by atoms with E-state index in [1.165, 1.54) is 11.1 Å². The third-order valence-electron chi connectivity index (χ3n) is 7.11. The Morgan fingerprint density at radius 2 is 2.00 bits per heavy atom. The van der Waals surface area contributed by atoms with E-state index in [0.29, 0.717) is 35.5 Å². The molecule has 1 fully saturated rings. The van der Waals surface area contributed by atoms with Gasteiger partial charge in [-0.25, -0.2) is 14.3 Å². The molecule has 9 heteroatoms. The van der Waals surface area contributed by atoms with Gasteiger partial charge in [0.25, 0.3) is 5.56 Å². The zero-order valence-corrected chi connectivity index (χ0v) is 20.0. The summed E-state index contributed by atoms with van der Waals surface area (Å²) in [6.45, 7) is 5.77. The summed E-state index contributed by atoms with van der Waals surface area (Å²) in [7, 11) is 0. The van der Waals surface area contributed by atoms with Crippen LogP contribution in [0, 0.1) is 0 Å². The minimum atomic E-state index is -0.898. The molecule has 0 spiro atoms. The second kappa shape index (κ2) is 8.28. The maximum Gasteiger partial charge on any atom is 0.278 e. The number of aromatic nitrogens is 5. The Bertz CT molecular complexity index is 1480. The largest absolute Gasteiger partial charge is 0.384 e. The van der Waals surface area contributed by atoms with Crippen LogP contribution in [-0.4, -0.2) is 36.0 Å². The smallest absolute Gasteiger partial charge is 0.278 e. The summed E-state index contributed by atoms with van der Waals surface area (Å²) < 4.78 is 3.50. The van der Waals surface area contributed by atoms with Crippen LogP contribution < -0.4 is 16.2 Å². The fourth-order valence-corrected chi connectivity index (χ4v) is 5.03. The molecular weight excluding hydrogens is 442 g/mol. The molecule has 9 nitrogen and oxygen atoms in total. The van der Waals surface area contributed by atoms with Gasteiger partial charge >= 0.3 is 0 Å². The monoisotopic (exact) mass is 471 g/mol. The van der Waals surface area contributed by atoms with E-state index < -0.39 is 5.60 Å². The van der Waals surface area contributed by atoms with Gasteiger partial charge in [0.1, 0.15) is 11.0 Å². The highest BCUT2D eigenvalue weighted by Crippen LogP contribution is 2.40. The van der Waals surface area contributed by atoms with Crippen molar-refractivity contribution in [1.29, 1.82) is 0 Å². The van der Waals surface area contributed by atoms with Gasteiger partial charge in [0.2, 0.25) is 5.95 Å². The number of hydrogen-bond donors (Lipinski definition) is 3. The standard InChI is InChI=1S/C26H29N7O2/c1-16(2)32-24(34)21-15-29-25(30-19-5-4-17-6-10-27-14-18(17)12-19)31-23(21)33(32)20-7-11-28-22(13-20)26(35)8-3-9-26/h4-5,7,11-13,15-16,27,35H,3,6,8-10,14H2,1-2H3,(H,29,30,31). The van der Waals surface area contributed by atoms with Crippen LogP contribution >= 0.6 is 0 Å². The quantitative estimate of drug-likeness (QED) is 0.410. The van der Waals surface area contributed by atoms with E-state index in [1.54, 1.807) is 17.1 Å². The van der Waals surface area contributed by atoms with E-state index in [9.17, 15) is 9.90 Å². The van der Waals surface area contributed by atoms with Crippen LogP contribution in [0.2, 0.25) is 0 Å². The van der Waals surface area contributed by atoms with Crippen LogP contribution in [0.15, 0.2) is 47.5 Å². The second-order valence-electron chi connectivity index (χ2n) is 9.81. The predicted octanol–water partition coefficient (Wildman–Crippen LogP) is 3.32. The topological polar surface area (TPSA) is 110 Å². The summed E-state index contributed by atoms with van der Waals surface area (Å²) in [4.78, 5) is 27.0. The van der Waals surface area contributed by atoms with Crippen LogP contribution in [0.1, 0.15) is 56.0 Å². The van der Waals surface area contributed by atoms with Crippen molar-refractivity contribution in [1.82, 2.24) is 29.6 Å². The molecular formula is C26H29N7O2. The fourth-order valence-electron chi connectivity index (χ4n) is 5.03. The summed E-state index contributed by atoms with van der Waals surface area (Å²) >= 11 is 0. The molecule has 0 amide bonds. The van der Waals surface area contributed by atoms with Crippen molar-refractivity contribution in [2.45, 2.75) is 57.7 Å². The maximum absolute atomic E-state index is 13.3. The molecule has 35 heavy (non-hydrogen) atoms. The molecule has 0 unspecified atom stereocenters. The molecule has 1 aromatic carbocycles. The van der Waals surface area contributed by atoms with Gasteiger partial charge in [0.05, 0.1) is 11.4 Å². The molecule has 0 atom stereocenters. The first-order chi connectivity index (χ1) is 16.9. The highest BCUT2D eigenvalue weighted by molar-refractivity contribution is 5.77. The van der Waals surface area contributed by atoms with E-state index >= 15 is 0 Å². The number of benzene rings is 1. The fraction of sp³-hybridized carbons (Fsp3) is 0.385. The molecule has 1 saturated carbocycles. The highest BCUT2D eigenvalue weighted by atomic mass is 16.3. The molecule has 3 aromatic heterocycles. The van der Waals surface area contributed by atoms with E-state index in [0.717, 1.165) is 37.3 Å². The van der Waals surface area contributed by atoms with Crippen molar-refractivity contribution in [3.8, 4) is 5.69 Å². The molecule has 2 aliphatic rings. The average molecular weight is 472 g/mol.